The van der Waals surface area contributed by atoms with E-state index in [4.69, 9.17) is 5.11 Å². The Hall–Kier alpha value is -0.570. The molecule has 0 spiro atoms. The Morgan fingerprint density at radius 2 is 2.38 bits per heavy atom. The van der Waals surface area contributed by atoms with Gasteiger partial charge in [0.15, 0.2) is 0 Å². The maximum Gasteiger partial charge on any atom is 0.216 e. The van der Waals surface area contributed by atoms with Crippen molar-refractivity contribution < 1.29 is 9.90 Å². The Morgan fingerprint density at radius 3 is 2.50 bits per heavy atom. The zero-order chi connectivity index (χ0) is 6.57. The van der Waals surface area contributed by atoms with Gasteiger partial charge in [-0.3, -0.25) is 4.79 Å². The lowest BCUT2D eigenvalue weighted by molar-refractivity contribution is -0.119. The van der Waals surface area contributed by atoms with Crippen LogP contribution in [0.4, 0.5) is 0 Å². The van der Waals surface area contributed by atoms with Gasteiger partial charge >= 0.3 is 0 Å². The Labute approximate surface area is 48.7 Å². The predicted molar refractivity (Wildman–Crippen MR) is 30.4 cm³/mol. The summed E-state index contributed by atoms with van der Waals surface area (Å²) >= 11 is 0. The minimum Gasteiger partial charge on any atom is -0.392 e. The molecule has 0 aliphatic rings. The molecule has 3 heteroatoms. The number of amides is 1. The van der Waals surface area contributed by atoms with Crippen LogP contribution >= 0.6 is 0 Å². The van der Waals surface area contributed by atoms with Crippen molar-refractivity contribution in [3.63, 3.8) is 0 Å². The van der Waals surface area contributed by atoms with E-state index in [-0.39, 0.29) is 5.91 Å². The van der Waals surface area contributed by atoms with Crippen molar-refractivity contribution in [3.8, 4) is 0 Å². The first-order valence-electron chi connectivity index (χ1n) is 2.55. The first-order chi connectivity index (χ1) is 3.63. The second-order valence-corrected chi connectivity index (χ2v) is 1.79. The van der Waals surface area contributed by atoms with Crippen LogP contribution in [-0.4, -0.2) is 23.7 Å². The van der Waals surface area contributed by atoms with Crippen molar-refractivity contribution in [2.75, 3.05) is 6.54 Å². The topological polar surface area (TPSA) is 49.3 Å². The normalized spacial score (nSPS) is 12.9. The second kappa shape index (κ2) is 3.43. The second-order valence-electron chi connectivity index (χ2n) is 1.79. The van der Waals surface area contributed by atoms with Gasteiger partial charge in [0.25, 0.3) is 0 Å². The summed E-state index contributed by atoms with van der Waals surface area (Å²) in [5, 5.41) is 11.0. The number of rotatable bonds is 2. The van der Waals surface area contributed by atoms with Crippen LogP contribution < -0.4 is 5.32 Å². The smallest absolute Gasteiger partial charge is 0.216 e. The molecule has 0 saturated heterocycles. The lowest BCUT2D eigenvalue weighted by atomic mass is 10.4. The third-order valence-corrected chi connectivity index (χ3v) is 0.646. The molecule has 1 unspecified atom stereocenters. The number of nitrogens with one attached hydrogen (secondary N) is 1. The van der Waals surface area contributed by atoms with Crippen LogP contribution in [0.2, 0.25) is 0 Å². The summed E-state index contributed by atoms with van der Waals surface area (Å²) < 4.78 is 0. The SMILES string of the molecule is CC(=O)NCC(C)O. The van der Waals surface area contributed by atoms with Crippen molar-refractivity contribution >= 4 is 5.91 Å². The summed E-state index contributed by atoms with van der Waals surface area (Å²) in [6.07, 6.45) is -0.445. The highest BCUT2D eigenvalue weighted by molar-refractivity contribution is 5.72. The monoisotopic (exact) mass is 117 g/mol. The van der Waals surface area contributed by atoms with Crippen molar-refractivity contribution in [2.45, 2.75) is 20.0 Å². The summed E-state index contributed by atoms with van der Waals surface area (Å²) in [5.41, 5.74) is 0. The standard InChI is InChI=1S/C5H11NO2/c1-4(7)3-6-5(2)8/h4,7H,3H2,1-2H3,(H,6,8). The first-order valence-corrected chi connectivity index (χ1v) is 2.55. The van der Waals surface area contributed by atoms with Gasteiger partial charge in [0, 0.05) is 13.5 Å². The summed E-state index contributed by atoms with van der Waals surface area (Å²) in [7, 11) is 0. The van der Waals surface area contributed by atoms with Crippen molar-refractivity contribution in [2.24, 2.45) is 0 Å². The molecular weight excluding hydrogens is 106 g/mol. The number of carbonyl (C=O) groups is 1. The Bertz CT molecular complexity index is 80.5. The summed E-state index contributed by atoms with van der Waals surface area (Å²) in [6, 6.07) is 0. The molecule has 0 rings (SSSR count). The lowest BCUT2D eigenvalue weighted by Gasteiger charge is -2.02. The Kier molecular flexibility index (Phi) is 3.19. The zero-order valence-electron chi connectivity index (χ0n) is 5.14. The fraction of sp³-hybridized carbons (Fsp3) is 0.800. The van der Waals surface area contributed by atoms with E-state index in [0.717, 1.165) is 0 Å². The molecule has 1 amide bonds. The van der Waals surface area contributed by atoms with Gasteiger partial charge in [0.05, 0.1) is 6.10 Å². The fourth-order valence-electron chi connectivity index (χ4n) is 0.291. The zero-order valence-corrected chi connectivity index (χ0v) is 5.14. The van der Waals surface area contributed by atoms with Crippen LogP contribution in [0.1, 0.15) is 13.8 Å². The quantitative estimate of drug-likeness (QED) is 0.512. The van der Waals surface area contributed by atoms with Gasteiger partial charge in [-0.25, -0.2) is 0 Å². The van der Waals surface area contributed by atoms with Gasteiger partial charge < -0.3 is 10.4 Å². The van der Waals surface area contributed by atoms with E-state index in [1.807, 2.05) is 0 Å². The van der Waals surface area contributed by atoms with Crippen molar-refractivity contribution in [3.05, 3.63) is 0 Å². The molecular formula is C5H11NO2. The van der Waals surface area contributed by atoms with E-state index in [2.05, 4.69) is 5.32 Å². The van der Waals surface area contributed by atoms with E-state index in [1.165, 1.54) is 6.92 Å². The lowest BCUT2D eigenvalue weighted by Crippen LogP contribution is -2.28. The van der Waals surface area contributed by atoms with Crippen molar-refractivity contribution in [1.82, 2.24) is 5.32 Å². The first kappa shape index (κ1) is 7.43. The van der Waals surface area contributed by atoms with Gasteiger partial charge in [0.2, 0.25) is 5.91 Å². The molecule has 0 aromatic rings. The Balaban J connectivity index is 3.05. The average molecular weight is 117 g/mol. The molecule has 0 aliphatic carbocycles. The number of aliphatic hydroxyl groups excluding tert-OH is 1. The average Bonchev–Trinajstić information content (AvgIpc) is 1.61. The highest BCUT2D eigenvalue weighted by Crippen LogP contribution is 1.72. The minimum atomic E-state index is -0.445. The van der Waals surface area contributed by atoms with Crippen LogP contribution in [0.5, 0.6) is 0 Å². The molecule has 0 aliphatic heterocycles. The minimum absolute atomic E-state index is 0.106. The van der Waals surface area contributed by atoms with Crippen LogP contribution in [0.15, 0.2) is 0 Å². The van der Waals surface area contributed by atoms with Crippen molar-refractivity contribution in [1.29, 1.82) is 0 Å². The molecule has 0 fully saturated rings. The maximum atomic E-state index is 10.1. The van der Waals surface area contributed by atoms with Crippen LogP contribution in [0.3, 0.4) is 0 Å². The number of aliphatic hydroxyl groups is 1. The molecule has 0 bridgehead atoms. The summed E-state index contributed by atoms with van der Waals surface area (Å²) in [4.78, 5) is 10.1. The molecule has 2 N–H and O–H groups in total. The number of hydrogen-bond donors (Lipinski definition) is 2. The van der Waals surface area contributed by atoms with Gasteiger partial charge in [0.1, 0.15) is 0 Å². The van der Waals surface area contributed by atoms with Gasteiger partial charge in [-0.1, -0.05) is 0 Å². The molecule has 8 heavy (non-hydrogen) atoms. The third kappa shape index (κ3) is 5.43. The Morgan fingerprint density at radius 1 is 1.88 bits per heavy atom. The molecule has 0 saturated carbocycles. The van der Waals surface area contributed by atoms with Crippen LogP contribution in [-0.2, 0) is 4.79 Å². The van der Waals surface area contributed by atoms with E-state index in [9.17, 15) is 4.79 Å². The molecule has 0 radical (unpaired) electrons. The van der Waals surface area contributed by atoms with Gasteiger partial charge in [-0.2, -0.15) is 0 Å². The molecule has 3 nitrogen and oxygen atoms in total. The van der Waals surface area contributed by atoms with Crippen LogP contribution in [0, 0.1) is 0 Å². The highest BCUT2D eigenvalue weighted by Gasteiger charge is 1.93. The number of carbonyl (C=O) groups excluding carboxylic acids is 1. The van der Waals surface area contributed by atoms with Gasteiger partial charge in [-0.15, -0.1) is 0 Å². The van der Waals surface area contributed by atoms with E-state index >= 15 is 0 Å². The summed E-state index contributed by atoms with van der Waals surface area (Å²) in [6.45, 7) is 3.38. The predicted octanol–water partition coefficient (Wildman–Crippen LogP) is -0.497. The highest BCUT2D eigenvalue weighted by atomic mass is 16.3. The summed E-state index contributed by atoms with van der Waals surface area (Å²) in [5.74, 6) is -0.106. The van der Waals surface area contributed by atoms with Gasteiger partial charge in [-0.05, 0) is 6.92 Å². The molecule has 0 aromatic carbocycles. The molecule has 1 atom stereocenters. The van der Waals surface area contributed by atoms with E-state index in [1.54, 1.807) is 6.92 Å². The maximum absolute atomic E-state index is 10.1. The van der Waals surface area contributed by atoms with Crippen LogP contribution in [0.25, 0.3) is 0 Å². The molecule has 48 valence electrons. The largest absolute Gasteiger partial charge is 0.392 e. The third-order valence-electron chi connectivity index (χ3n) is 0.646. The number of hydrogen-bond acceptors (Lipinski definition) is 2. The molecule has 0 heterocycles. The van der Waals surface area contributed by atoms with E-state index < -0.39 is 6.10 Å². The van der Waals surface area contributed by atoms with E-state index in [0.29, 0.717) is 6.54 Å². The molecule has 0 aromatic heterocycles. The fourth-order valence-corrected chi connectivity index (χ4v) is 0.291.